The maximum absolute atomic E-state index is 11.8. The maximum Gasteiger partial charge on any atom is 0.229 e. The molecule has 1 saturated heterocycles. The highest BCUT2D eigenvalue weighted by Gasteiger charge is 2.42. The number of hydrogen-bond acceptors (Lipinski definition) is 4. The Hall–Kier alpha value is -3.69. The summed E-state index contributed by atoms with van der Waals surface area (Å²) < 4.78 is 28.5. The minimum atomic E-state index is -3.39. The topological polar surface area (TPSA) is 79.3 Å². The van der Waals surface area contributed by atoms with Gasteiger partial charge in [-0.2, -0.15) is 0 Å². The van der Waals surface area contributed by atoms with Gasteiger partial charge in [0.15, 0.2) is 5.11 Å². The van der Waals surface area contributed by atoms with E-state index in [0.717, 1.165) is 45.8 Å². The molecule has 2 aromatic heterocycles. The molecule has 9 heteroatoms. The lowest BCUT2D eigenvalue weighted by Gasteiger charge is -2.29. The molecule has 1 aliphatic rings. The van der Waals surface area contributed by atoms with Crippen LogP contribution in [-0.4, -0.2) is 29.3 Å². The second-order valence-corrected chi connectivity index (χ2v) is 12.0. The summed E-state index contributed by atoms with van der Waals surface area (Å²) in [5, 5.41) is 4.11. The van der Waals surface area contributed by atoms with Crippen LogP contribution in [0.3, 0.4) is 0 Å². The summed E-state index contributed by atoms with van der Waals surface area (Å²) in [4.78, 5) is 6.79. The molecule has 38 heavy (non-hydrogen) atoms. The lowest BCUT2D eigenvalue weighted by molar-refractivity contribution is 0.565. The van der Waals surface area contributed by atoms with Crippen LogP contribution in [0.25, 0.3) is 5.69 Å². The normalized spacial score (nSPS) is 17.5. The van der Waals surface area contributed by atoms with E-state index in [4.69, 9.17) is 12.2 Å². The molecule has 0 amide bonds. The van der Waals surface area contributed by atoms with Gasteiger partial charge in [-0.05, 0) is 105 Å². The Bertz CT molecular complexity index is 1630. The van der Waals surface area contributed by atoms with Crippen molar-refractivity contribution < 1.29 is 8.42 Å². The van der Waals surface area contributed by atoms with Gasteiger partial charge in [-0.1, -0.05) is 18.2 Å². The summed E-state index contributed by atoms with van der Waals surface area (Å²) in [6.07, 6.45) is 2.95. The zero-order chi connectivity index (χ0) is 27.2. The standard InChI is InChI=1S/C29H31N5O2S2/c1-18-9-8-10-22(15-18)33-20(3)17-24(21(33)4)28-27(26-11-6-7-14-30-26)31-29(37)34(28)23-12-13-25(19(2)16-23)32-38(5,35)36/h6-17,27-28,32H,1-5H3,(H,31,37). The molecule has 2 unspecified atom stereocenters. The third-order valence-electron chi connectivity index (χ3n) is 6.93. The Kier molecular flexibility index (Phi) is 6.75. The second kappa shape index (κ2) is 9.89. The van der Waals surface area contributed by atoms with Crippen molar-refractivity contribution in [1.82, 2.24) is 14.9 Å². The molecule has 2 aromatic carbocycles. The van der Waals surface area contributed by atoms with Crippen LogP contribution in [0, 0.1) is 27.7 Å². The Morgan fingerprint density at radius 1 is 0.947 bits per heavy atom. The molecule has 2 N–H and O–H groups in total. The monoisotopic (exact) mass is 545 g/mol. The van der Waals surface area contributed by atoms with Crippen molar-refractivity contribution in [2.75, 3.05) is 15.9 Å². The summed E-state index contributed by atoms with van der Waals surface area (Å²) in [5.74, 6) is 0. The van der Waals surface area contributed by atoms with Crippen molar-refractivity contribution in [2.45, 2.75) is 39.8 Å². The summed E-state index contributed by atoms with van der Waals surface area (Å²) in [6, 6.07) is 21.9. The molecule has 3 heterocycles. The number of benzene rings is 2. The third-order valence-corrected chi connectivity index (χ3v) is 7.84. The van der Waals surface area contributed by atoms with E-state index in [1.807, 2.05) is 37.3 Å². The zero-order valence-corrected chi connectivity index (χ0v) is 23.7. The second-order valence-electron chi connectivity index (χ2n) is 9.87. The Labute approximate surface area is 229 Å². The average Bonchev–Trinajstić information content (AvgIpc) is 3.35. The molecule has 5 rings (SSSR count). The van der Waals surface area contributed by atoms with Crippen LogP contribution in [0.4, 0.5) is 11.4 Å². The maximum atomic E-state index is 11.8. The molecule has 4 aromatic rings. The minimum absolute atomic E-state index is 0.171. The van der Waals surface area contributed by atoms with Gasteiger partial charge in [0.1, 0.15) is 0 Å². The first-order valence-electron chi connectivity index (χ1n) is 12.4. The molecule has 7 nitrogen and oxygen atoms in total. The first-order chi connectivity index (χ1) is 18.0. The molecule has 0 aliphatic carbocycles. The molecule has 0 radical (unpaired) electrons. The van der Waals surface area contributed by atoms with Gasteiger partial charge < -0.3 is 14.8 Å². The number of aromatic nitrogens is 2. The number of rotatable bonds is 6. The fraction of sp³-hybridized carbons (Fsp3) is 0.241. The number of thiocarbonyl (C=S) groups is 1. The summed E-state index contributed by atoms with van der Waals surface area (Å²) >= 11 is 5.90. The third kappa shape index (κ3) is 4.91. The Morgan fingerprint density at radius 2 is 1.74 bits per heavy atom. The first-order valence-corrected chi connectivity index (χ1v) is 14.7. The van der Waals surface area contributed by atoms with Crippen molar-refractivity contribution in [2.24, 2.45) is 0 Å². The van der Waals surface area contributed by atoms with Crippen molar-refractivity contribution in [1.29, 1.82) is 0 Å². The van der Waals surface area contributed by atoms with Gasteiger partial charge in [-0.15, -0.1) is 0 Å². The molecule has 0 bridgehead atoms. The Balaban J connectivity index is 1.65. The minimum Gasteiger partial charge on any atom is -0.351 e. The van der Waals surface area contributed by atoms with E-state index in [2.05, 4.69) is 75.6 Å². The molecule has 1 aliphatic heterocycles. The van der Waals surface area contributed by atoms with E-state index in [1.54, 1.807) is 12.3 Å². The molecule has 1 fully saturated rings. The molecule has 2 atom stereocenters. The number of hydrogen-bond donors (Lipinski definition) is 2. The van der Waals surface area contributed by atoms with Crippen LogP contribution in [0.1, 0.15) is 45.9 Å². The molecule has 0 saturated carbocycles. The highest BCUT2D eigenvalue weighted by atomic mass is 32.2. The predicted octanol–water partition coefficient (Wildman–Crippen LogP) is 5.65. The van der Waals surface area contributed by atoms with E-state index < -0.39 is 10.0 Å². The number of anilines is 2. The fourth-order valence-electron chi connectivity index (χ4n) is 5.31. The van der Waals surface area contributed by atoms with Gasteiger partial charge in [-0.25, -0.2) is 8.42 Å². The largest absolute Gasteiger partial charge is 0.351 e. The smallest absolute Gasteiger partial charge is 0.229 e. The van der Waals surface area contributed by atoms with E-state index in [0.29, 0.717) is 10.8 Å². The van der Waals surface area contributed by atoms with Crippen molar-refractivity contribution >= 4 is 38.7 Å². The summed E-state index contributed by atoms with van der Waals surface area (Å²) in [5.41, 5.74) is 8.85. The van der Waals surface area contributed by atoms with E-state index in [9.17, 15) is 8.42 Å². The van der Waals surface area contributed by atoms with Crippen LogP contribution >= 0.6 is 12.2 Å². The quantitative estimate of drug-likeness (QED) is 0.305. The van der Waals surface area contributed by atoms with Crippen LogP contribution < -0.4 is 14.9 Å². The Morgan fingerprint density at radius 3 is 2.39 bits per heavy atom. The van der Waals surface area contributed by atoms with Gasteiger partial charge in [0, 0.05) is 29.0 Å². The van der Waals surface area contributed by atoms with Crippen molar-refractivity contribution in [3.8, 4) is 5.69 Å². The molecular formula is C29H31N5O2S2. The van der Waals surface area contributed by atoms with Gasteiger partial charge in [0.25, 0.3) is 0 Å². The zero-order valence-electron chi connectivity index (χ0n) is 22.1. The van der Waals surface area contributed by atoms with Gasteiger partial charge in [0.05, 0.1) is 29.7 Å². The van der Waals surface area contributed by atoms with Gasteiger partial charge >= 0.3 is 0 Å². The SMILES string of the molecule is Cc1cccc(-n2c(C)cc(C3C(c4ccccn4)NC(=S)N3c3ccc(NS(C)(=O)=O)c(C)c3)c2C)c1. The van der Waals surface area contributed by atoms with Gasteiger partial charge in [-0.3, -0.25) is 9.71 Å². The van der Waals surface area contributed by atoms with E-state index in [1.165, 1.54) is 5.56 Å². The highest BCUT2D eigenvalue weighted by molar-refractivity contribution is 7.92. The average molecular weight is 546 g/mol. The number of aryl methyl sites for hydroxylation is 3. The van der Waals surface area contributed by atoms with Crippen molar-refractivity contribution in [3.63, 3.8) is 0 Å². The van der Waals surface area contributed by atoms with Crippen LogP contribution in [0.2, 0.25) is 0 Å². The van der Waals surface area contributed by atoms with Gasteiger partial charge in [0.2, 0.25) is 10.0 Å². The lowest BCUT2D eigenvalue weighted by Crippen LogP contribution is -2.29. The van der Waals surface area contributed by atoms with E-state index in [-0.39, 0.29) is 12.1 Å². The molecular weight excluding hydrogens is 514 g/mol. The predicted molar refractivity (Wildman–Crippen MR) is 158 cm³/mol. The first kappa shape index (κ1) is 25.9. The number of nitrogens with zero attached hydrogens (tertiary/aromatic N) is 3. The van der Waals surface area contributed by atoms with Crippen LogP contribution in [0.15, 0.2) is 72.9 Å². The summed E-state index contributed by atoms with van der Waals surface area (Å²) in [7, 11) is -3.39. The fourth-order valence-corrected chi connectivity index (χ4v) is 6.29. The lowest BCUT2D eigenvalue weighted by atomic mass is 9.96. The van der Waals surface area contributed by atoms with Crippen LogP contribution in [-0.2, 0) is 10.0 Å². The van der Waals surface area contributed by atoms with E-state index >= 15 is 0 Å². The number of nitrogens with one attached hydrogen (secondary N) is 2. The molecule has 0 spiro atoms. The summed E-state index contributed by atoms with van der Waals surface area (Å²) in [6.45, 7) is 8.25. The number of pyridine rings is 1. The molecule has 196 valence electrons. The van der Waals surface area contributed by atoms with Crippen LogP contribution in [0.5, 0.6) is 0 Å². The highest BCUT2D eigenvalue weighted by Crippen LogP contribution is 2.44. The van der Waals surface area contributed by atoms with Crippen molar-refractivity contribution in [3.05, 3.63) is 107 Å². The number of sulfonamides is 1.